The molecule has 1 fully saturated rings. The smallest absolute Gasteiger partial charge is 0.213 e. The van der Waals surface area contributed by atoms with E-state index in [1.165, 1.54) is 0 Å². The van der Waals surface area contributed by atoms with E-state index in [1.54, 1.807) is 11.2 Å². The Balaban J connectivity index is 1.67. The van der Waals surface area contributed by atoms with Gasteiger partial charge < -0.3 is 9.47 Å². The van der Waals surface area contributed by atoms with Crippen molar-refractivity contribution in [3.8, 4) is 5.82 Å². The molecule has 3 rings (SSSR count). The van der Waals surface area contributed by atoms with Gasteiger partial charge in [0.05, 0.1) is 5.75 Å². The zero-order chi connectivity index (χ0) is 15.6. The number of aromatic nitrogens is 3. The third kappa shape index (κ3) is 2.97. The summed E-state index contributed by atoms with van der Waals surface area (Å²) >= 11 is 0. The highest BCUT2D eigenvalue weighted by Gasteiger charge is 2.26. The van der Waals surface area contributed by atoms with E-state index in [0.717, 1.165) is 11.6 Å². The fraction of sp³-hybridized carbons (Fsp3) is 0.429. The fourth-order valence-corrected chi connectivity index (χ4v) is 3.57. The molecule has 0 bridgehead atoms. The van der Waals surface area contributed by atoms with Crippen LogP contribution in [0.25, 0.3) is 5.82 Å². The average molecular weight is 321 g/mol. The first-order chi connectivity index (χ1) is 10.6. The number of rotatable bonds is 4. The molecule has 0 spiro atoms. The lowest BCUT2D eigenvalue weighted by molar-refractivity contribution is 0.384. The van der Waals surface area contributed by atoms with Gasteiger partial charge >= 0.3 is 0 Å². The first-order valence-corrected chi connectivity index (χ1v) is 8.91. The summed E-state index contributed by atoms with van der Waals surface area (Å²) in [5, 5.41) is 8.47. The van der Waals surface area contributed by atoms with Crippen LogP contribution in [0.4, 0.5) is 5.82 Å². The van der Waals surface area contributed by atoms with Crippen molar-refractivity contribution in [2.75, 3.05) is 36.8 Å². The molecule has 0 amide bonds. The Hall–Kier alpha value is -1.93. The van der Waals surface area contributed by atoms with Crippen molar-refractivity contribution < 1.29 is 8.42 Å². The lowest BCUT2D eigenvalue weighted by Gasteiger charge is -2.34. The summed E-state index contributed by atoms with van der Waals surface area (Å²) in [6.45, 7) is 3.94. The maximum absolute atomic E-state index is 11.9. The summed E-state index contributed by atoms with van der Waals surface area (Å²) in [6.07, 6.45) is 3.83. The standard InChI is InChI=1S/C14H19N5O2S/c1-2-22(20,21)19-11-9-18(10-12-19)14-6-5-13(15-16-14)17-7-3-4-8-17/h3-8H,2,9-12H2,1H3. The Labute approximate surface area is 130 Å². The van der Waals surface area contributed by atoms with E-state index in [-0.39, 0.29) is 5.75 Å². The predicted molar refractivity (Wildman–Crippen MR) is 84.6 cm³/mol. The predicted octanol–water partition coefficient (Wildman–Crippen LogP) is 0.739. The van der Waals surface area contributed by atoms with Gasteiger partial charge in [0, 0.05) is 38.6 Å². The molecule has 0 aromatic carbocycles. The van der Waals surface area contributed by atoms with Crippen molar-refractivity contribution in [3.05, 3.63) is 36.7 Å². The quantitative estimate of drug-likeness (QED) is 0.830. The minimum absolute atomic E-state index is 0.151. The maximum Gasteiger partial charge on any atom is 0.213 e. The van der Waals surface area contributed by atoms with Crippen molar-refractivity contribution in [2.24, 2.45) is 0 Å². The van der Waals surface area contributed by atoms with E-state index < -0.39 is 10.0 Å². The van der Waals surface area contributed by atoms with Gasteiger partial charge in [-0.2, -0.15) is 4.31 Å². The second kappa shape index (κ2) is 6.05. The van der Waals surface area contributed by atoms with Gasteiger partial charge in [-0.25, -0.2) is 8.42 Å². The van der Waals surface area contributed by atoms with Gasteiger partial charge in [0.15, 0.2) is 11.6 Å². The lowest BCUT2D eigenvalue weighted by atomic mass is 10.3. The molecular weight excluding hydrogens is 302 g/mol. The van der Waals surface area contributed by atoms with Gasteiger partial charge in [-0.05, 0) is 31.2 Å². The highest BCUT2D eigenvalue weighted by molar-refractivity contribution is 7.89. The van der Waals surface area contributed by atoms with Crippen molar-refractivity contribution >= 4 is 15.8 Å². The molecular formula is C14H19N5O2S. The van der Waals surface area contributed by atoms with Gasteiger partial charge in [0.2, 0.25) is 10.0 Å². The Morgan fingerprint density at radius 3 is 2.14 bits per heavy atom. The SMILES string of the molecule is CCS(=O)(=O)N1CCN(c2ccc(-n3cccc3)nn2)CC1. The van der Waals surface area contributed by atoms with Gasteiger partial charge in [-0.15, -0.1) is 10.2 Å². The van der Waals surface area contributed by atoms with Crippen LogP contribution in [-0.4, -0.2) is 59.4 Å². The molecule has 7 nitrogen and oxygen atoms in total. The number of nitrogens with zero attached hydrogens (tertiary/aromatic N) is 5. The van der Waals surface area contributed by atoms with E-state index in [4.69, 9.17) is 0 Å². The van der Waals surface area contributed by atoms with E-state index in [2.05, 4.69) is 15.1 Å². The highest BCUT2D eigenvalue weighted by atomic mass is 32.2. The monoisotopic (exact) mass is 321 g/mol. The van der Waals surface area contributed by atoms with Crippen LogP contribution in [0.15, 0.2) is 36.7 Å². The summed E-state index contributed by atoms with van der Waals surface area (Å²) < 4.78 is 27.1. The molecule has 2 aromatic rings. The third-order valence-corrected chi connectivity index (χ3v) is 5.71. The molecule has 0 radical (unpaired) electrons. The number of hydrogen-bond donors (Lipinski definition) is 0. The zero-order valence-electron chi connectivity index (χ0n) is 12.5. The van der Waals surface area contributed by atoms with Crippen LogP contribution < -0.4 is 4.90 Å². The summed E-state index contributed by atoms with van der Waals surface area (Å²) in [5.41, 5.74) is 0. The minimum atomic E-state index is -3.10. The zero-order valence-corrected chi connectivity index (χ0v) is 13.3. The number of hydrogen-bond acceptors (Lipinski definition) is 5. The average Bonchev–Trinajstić information content (AvgIpc) is 3.10. The summed E-state index contributed by atoms with van der Waals surface area (Å²) in [6, 6.07) is 7.70. The van der Waals surface area contributed by atoms with E-state index in [9.17, 15) is 8.42 Å². The van der Waals surface area contributed by atoms with Gasteiger partial charge in [-0.1, -0.05) is 0 Å². The molecule has 0 unspecified atom stereocenters. The number of piperazine rings is 1. The van der Waals surface area contributed by atoms with Crippen molar-refractivity contribution in [3.63, 3.8) is 0 Å². The molecule has 0 aliphatic carbocycles. The summed E-state index contributed by atoms with van der Waals surface area (Å²) in [4.78, 5) is 2.06. The Kier molecular flexibility index (Phi) is 4.12. The van der Waals surface area contributed by atoms with Gasteiger partial charge in [-0.3, -0.25) is 0 Å². The van der Waals surface area contributed by atoms with Crippen LogP contribution in [0, 0.1) is 0 Å². The first-order valence-electron chi connectivity index (χ1n) is 7.30. The van der Waals surface area contributed by atoms with Crippen LogP contribution in [0.5, 0.6) is 0 Å². The van der Waals surface area contributed by atoms with Crippen LogP contribution in [0.1, 0.15) is 6.92 Å². The summed E-state index contributed by atoms with van der Waals surface area (Å²) in [7, 11) is -3.10. The number of anilines is 1. The van der Waals surface area contributed by atoms with Crippen molar-refractivity contribution in [1.82, 2.24) is 19.1 Å². The van der Waals surface area contributed by atoms with Crippen molar-refractivity contribution in [2.45, 2.75) is 6.92 Å². The van der Waals surface area contributed by atoms with E-state index >= 15 is 0 Å². The highest BCUT2D eigenvalue weighted by Crippen LogP contribution is 2.16. The molecule has 118 valence electrons. The maximum atomic E-state index is 11.9. The normalized spacial score (nSPS) is 16.9. The Morgan fingerprint density at radius 2 is 1.59 bits per heavy atom. The molecule has 2 aromatic heterocycles. The molecule has 1 saturated heterocycles. The van der Waals surface area contributed by atoms with Crippen LogP contribution in [0.2, 0.25) is 0 Å². The fourth-order valence-electron chi connectivity index (χ4n) is 2.49. The Morgan fingerprint density at radius 1 is 1.00 bits per heavy atom. The minimum Gasteiger partial charge on any atom is -0.352 e. The van der Waals surface area contributed by atoms with Crippen LogP contribution >= 0.6 is 0 Å². The van der Waals surface area contributed by atoms with Gasteiger partial charge in [0.25, 0.3) is 0 Å². The summed E-state index contributed by atoms with van der Waals surface area (Å²) in [5.74, 6) is 1.70. The molecule has 0 N–H and O–H groups in total. The second-order valence-electron chi connectivity index (χ2n) is 5.13. The van der Waals surface area contributed by atoms with Crippen LogP contribution in [0.3, 0.4) is 0 Å². The van der Waals surface area contributed by atoms with Gasteiger partial charge in [0.1, 0.15) is 0 Å². The molecule has 22 heavy (non-hydrogen) atoms. The molecule has 0 atom stereocenters. The largest absolute Gasteiger partial charge is 0.352 e. The molecule has 3 heterocycles. The lowest BCUT2D eigenvalue weighted by Crippen LogP contribution is -2.49. The van der Waals surface area contributed by atoms with Crippen LogP contribution in [-0.2, 0) is 10.0 Å². The molecule has 1 aliphatic heterocycles. The Bertz CT molecular complexity index is 704. The van der Waals surface area contributed by atoms with Crippen molar-refractivity contribution in [1.29, 1.82) is 0 Å². The van der Waals surface area contributed by atoms with E-state index in [0.29, 0.717) is 26.2 Å². The molecule has 1 aliphatic rings. The third-order valence-electron chi connectivity index (χ3n) is 3.83. The topological polar surface area (TPSA) is 71.3 Å². The second-order valence-corrected chi connectivity index (χ2v) is 7.38. The molecule has 0 saturated carbocycles. The molecule has 8 heteroatoms. The number of sulfonamides is 1. The van der Waals surface area contributed by atoms with E-state index in [1.807, 2.05) is 41.2 Å². The first kappa shape index (κ1) is 15.0.